The lowest BCUT2D eigenvalue weighted by Crippen LogP contribution is -2.28. The van der Waals surface area contributed by atoms with E-state index in [4.69, 9.17) is 0 Å². The van der Waals surface area contributed by atoms with Crippen LogP contribution in [0.5, 0.6) is 5.75 Å². The fraction of sp³-hybridized carbons (Fsp3) is 0.294. The molecule has 1 fully saturated rings. The average molecular weight is 329 g/mol. The summed E-state index contributed by atoms with van der Waals surface area (Å²) in [5.74, 6) is -0.281. The second-order valence-corrected chi connectivity index (χ2v) is 6.57. The summed E-state index contributed by atoms with van der Waals surface area (Å²) in [5, 5.41) is 14.6. The van der Waals surface area contributed by atoms with Crippen LogP contribution < -0.4 is 10.3 Å². The Balaban J connectivity index is 1.58. The molecular formula is C17H19N3O2S. The molecule has 1 aromatic carbocycles. The Morgan fingerprint density at radius 2 is 2.04 bits per heavy atom. The fourth-order valence-electron chi connectivity index (χ4n) is 2.56. The summed E-state index contributed by atoms with van der Waals surface area (Å²) in [7, 11) is 0. The highest BCUT2D eigenvalue weighted by Gasteiger charge is 2.12. The number of hydrazone groups is 1. The third kappa shape index (κ3) is 4.10. The SMILES string of the molecule is O=C(N/N=C\c1ccc(N2CCCCC2)s1)c1cccc(O)c1. The third-order valence-electron chi connectivity index (χ3n) is 3.75. The molecule has 0 bridgehead atoms. The first-order chi connectivity index (χ1) is 11.2. The van der Waals surface area contributed by atoms with E-state index in [2.05, 4.69) is 21.5 Å². The molecule has 3 rings (SSSR count). The molecule has 0 unspecified atom stereocenters. The van der Waals surface area contributed by atoms with Crippen LogP contribution in [0.2, 0.25) is 0 Å². The Morgan fingerprint density at radius 3 is 2.83 bits per heavy atom. The van der Waals surface area contributed by atoms with Crippen molar-refractivity contribution in [3.05, 3.63) is 46.8 Å². The summed E-state index contributed by atoms with van der Waals surface area (Å²) in [5.41, 5.74) is 2.85. The number of hydrogen-bond acceptors (Lipinski definition) is 5. The van der Waals surface area contributed by atoms with E-state index in [0.717, 1.165) is 18.0 Å². The van der Waals surface area contributed by atoms with Crippen molar-refractivity contribution >= 4 is 28.5 Å². The number of anilines is 1. The van der Waals surface area contributed by atoms with E-state index < -0.39 is 0 Å². The van der Waals surface area contributed by atoms with Crippen molar-refractivity contribution in [3.63, 3.8) is 0 Å². The van der Waals surface area contributed by atoms with Gasteiger partial charge in [0.2, 0.25) is 0 Å². The number of piperidine rings is 1. The number of benzene rings is 1. The zero-order valence-corrected chi connectivity index (χ0v) is 13.6. The van der Waals surface area contributed by atoms with Crippen LogP contribution in [-0.4, -0.2) is 30.3 Å². The van der Waals surface area contributed by atoms with Gasteiger partial charge in [-0.05, 0) is 49.6 Å². The van der Waals surface area contributed by atoms with E-state index in [1.165, 1.54) is 36.4 Å². The van der Waals surface area contributed by atoms with Crippen LogP contribution in [0.15, 0.2) is 41.5 Å². The number of rotatable bonds is 4. The van der Waals surface area contributed by atoms with Gasteiger partial charge in [0, 0.05) is 23.5 Å². The molecular weight excluding hydrogens is 310 g/mol. The second kappa shape index (κ2) is 7.28. The molecule has 2 N–H and O–H groups in total. The highest BCUT2D eigenvalue weighted by Crippen LogP contribution is 2.27. The topological polar surface area (TPSA) is 64.9 Å². The summed E-state index contributed by atoms with van der Waals surface area (Å²) in [6, 6.07) is 10.3. The molecule has 120 valence electrons. The monoisotopic (exact) mass is 329 g/mol. The van der Waals surface area contributed by atoms with Gasteiger partial charge in [0.25, 0.3) is 5.91 Å². The molecule has 23 heavy (non-hydrogen) atoms. The molecule has 0 radical (unpaired) electrons. The minimum Gasteiger partial charge on any atom is -0.508 e. The summed E-state index contributed by atoms with van der Waals surface area (Å²) in [6.45, 7) is 2.23. The summed E-state index contributed by atoms with van der Waals surface area (Å²) in [6.07, 6.45) is 5.47. The molecule has 0 atom stereocenters. The summed E-state index contributed by atoms with van der Waals surface area (Å²) < 4.78 is 0. The van der Waals surface area contributed by atoms with Crippen LogP contribution in [-0.2, 0) is 0 Å². The van der Waals surface area contributed by atoms with E-state index in [1.807, 2.05) is 6.07 Å². The zero-order valence-electron chi connectivity index (χ0n) is 12.7. The predicted molar refractivity (Wildman–Crippen MR) is 93.6 cm³/mol. The van der Waals surface area contributed by atoms with Crippen molar-refractivity contribution < 1.29 is 9.90 Å². The van der Waals surface area contributed by atoms with Crippen molar-refractivity contribution in [3.8, 4) is 5.75 Å². The van der Waals surface area contributed by atoms with Crippen LogP contribution in [0, 0.1) is 0 Å². The molecule has 1 aromatic heterocycles. The van der Waals surface area contributed by atoms with Crippen molar-refractivity contribution in [1.29, 1.82) is 0 Å². The number of aromatic hydroxyl groups is 1. The molecule has 1 aliphatic heterocycles. The van der Waals surface area contributed by atoms with Crippen molar-refractivity contribution in [2.45, 2.75) is 19.3 Å². The fourth-order valence-corrected chi connectivity index (χ4v) is 3.49. The van der Waals surface area contributed by atoms with E-state index in [9.17, 15) is 9.90 Å². The Morgan fingerprint density at radius 1 is 1.22 bits per heavy atom. The van der Waals surface area contributed by atoms with Gasteiger partial charge in [0.1, 0.15) is 5.75 Å². The van der Waals surface area contributed by atoms with Gasteiger partial charge in [-0.3, -0.25) is 4.79 Å². The first kappa shape index (κ1) is 15.6. The van der Waals surface area contributed by atoms with Crippen LogP contribution in [0.4, 0.5) is 5.00 Å². The van der Waals surface area contributed by atoms with E-state index >= 15 is 0 Å². The van der Waals surface area contributed by atoms with Crippen molar-refractivity contribution in [2.24, 2.45) is 5.10 Å². The van der Waals surface area contributed by atoms with Crippen LogP contribution in [0.25, 0.3) is 0 Å². The molecule has 2 aromatic rings. The second-order valence-electron chi connectivity index (χ2n) is 5.47. The van der Waals surface area contributed by atoms with Gasteiger partial charge in [-0.1, -0.05) is 6.07 Å². The number of amides is 1. The highest BCUT2D eigenvalue weighted by atomic mass is 32.1. The molecule has 5 nitrogen and oxygen atoms in total. The third-order valence-corrected chi connectivity index (χ3v) is 4.83. The normalized spacial score (nSPS) is 15.0. The number of phenols is 1. The number of hydrogen-bond donors (Lipinski definition) is 2. The quantitative estimate of drug-likeness (QED) is 0.669. The van der Waals surface area contributed by atoms with Crippen LogP contribution in [0.3, 0.4) is 0 Å². The molecule has 1 amide bonds. The molecule has 2 heterocycles. The minimum atomic E-state index is -0.343. The largest absolute Gasteiger partial charge is 0.508 e. The van der Waals surface area contributed by atoms with Gasteiger partial charge in [-0.25, -0.2) is 5.43 Å². The Kier molecular flexibility index (Phi) is 4.92. The zero-order chi connectivity index (χ0) is 16.1. The maximum absolute atomic E-state index is 11.9. The number of nitrogens with zero attached hydrogens (tertiary/aromatic N) is 2. The highest BCUT2D eigenvalue weighted by molar-refractivity contribution is 7.17. The van der Waals surface area contributed by atoms with Gasteiger partial charge in [0.05, 0.1) is 11.2 Å². The van der Waals surface area contributed by atoms with Crippen molar-refractivity contribution in [1.82, 2.24) is 5.43 Å². The summed E-state index contributed by atoms with van der Waals surface area (Å²) >= 11 is 1.67. The standard InChI is InChI=1S/C17H19N3O2S/c21-14-6-4-5-13(11-14)17(22)19-18-12-15-7-8-16(23-15)20-9-2-1-3-10-20/h4-8,11-12,21H,1-3,9-10H2,(H,19,22)/b18-12-. The molecule has 0 saturated carbocycles. The first-order valence-electron chi connectivity index (χ1n) is 7.69. The lowest BCUT2D eigenvalue weighted by Gasteiger charge is -2.27. The molecule has 1 saturated heterocycles. The van der Waals surface area contributed by atoms with Gasteiger partial charge in [-0.15, -0.1) is 11.3 Å². The number of carbonyl (C=O) groups excluding carboxylic acids is 1. The van der Waals surface area contributed by atoms with Crippen LogP contribution in [0.1, 0.15) is 34.5 Å². The number of carbonyl (C=O) groups is 1. The average Bonchev–Trinajstić information content (AvgIpc) is 3.04. The predicted octanol–water partition coefficient (Wildman–Crippen LogP) is 3.21. The smallest absolute Gasteiger partial charge is 0.271 e. The molecule has 0 spiro atoms. The maximum Gasteiger partial charge on any atom is 0.271 e. The van der Waals surface area contributed by atoms with E-state index in [1.54, 1.807) is 29.7 Å². The Labute approximate surface area is 139 Å². The molecule has 0 aliphatic carbocycles. The lowest BCUT2D eigenvalue weighted by molar-refractivity contribution is 0.0954. The molecule has 1 aliphatic rings. The van der Waals surface area contributed by atoms with Gasteiger partial charge >= 0.3 is 0 Å². The lowest BCUT2D eigenvalue weighted by atomic mass is 10.1. The van der Waals surface area contributed by atoms with Gasteiger partial charge in [-0.2, -0.15) is 5.10 Å². The van der Waals surface area contributed by atoms with Gasteiger partial charge < -0.3 is 10.0 Å². The Hall–Kier alpha value is -2.34. The van der Waals surface area contributed by atoms with E-state index in [0.29, 0.717) is 5.56 Å². The van der Waals surface area contributed by atoms with E-state index in [-0.39, 0.29) is 11.7 Å². The van der Waals surface area contributed by atoms with Gasteiger partial charge in [0.15, 0.2) is 0 Å². The number of nitrogens with one attached hydrogen (secondary N) is 1. The van der Waals surface area contributed by atoms with Crippen LogP contribution >= 0.6 is 11.3 Å². The number of phenolic OH excluding ortho intramolecular Hbond substituents is 1. The Bertz CT molecular complexity index is 705. The summed E-state index contributed by atoms with van der Waals surface area (Å²) in [4.78, 5) is 15.3. The first-order valence-corrected chi connectivity index (χ1v) is 8.51. The molecule has 6 heteroatoms. The minimum absolute atomic E-state index is 0.0612. The number of thiophene rings is 1. The van der Waals surface area contributed by atoms with Crippen molar-refractivity contribution in [2.75, 3.05) is 18.0 Å². The maximum atomic E-state index is 11.9.